The van der Waals surface area contributed by atoms with E-state index in [4.69, 9.17) is 31.0 Å². The predicted octanol–water partition coefficient (Wildman–Crippen LogP) is 4.59. The number of nitrogens with zero attached hydrogens (tertiary/aromatic N) is 3. The maximum atomic E-state index is 13.8. The minimum Gasteiger partial charge on any atom is -0.569 e. The second kappa shape index (κ2) is 10.0. The number of carboxylic acids is 1. The number of rotatable bonds is 6. The number of fused-ring (bicyclic) bond motifs is 1. The molecule has 14 heteroatoms. The largest absolute Gasteiger partial charge is 0.569 e. The summed E-state index contributed by atoms with van der Waals surface area (Å²) in [5, 5.41) is 25.5. The molecule has 3 atom stereocenters. The first-order valence-corrected chi connectivity index (χ1v) is 11.3. The zero-order chi connectivity index (χ0) is 27.0. The highest BCUT2D eigenvalue weighted by Gasteiger charge is 2.49. The summed E-state index contributed by atoms with van der Waals surface area (Å²) >= 11 is 6.31. The molecule has 1 aromatic rings. The van der Waals surface area contributed by atoms with Crippen LogP contribution in [0.3, 0.4) is 0 Å². The molecule has 2 heterocycles. The highest BCUT2D eigenvalue weighted by molar-refractivity contribution is 6.31. The summed E-state index contributed by atoms with van der Waals surface area (Å²) in [4.78, 5) is 28.5. The van der Waals surface area contributed by atoms with Gasteiger partial charge < -0.3 is 19.8 Å². The van der Waals surface area contributed by atoms with E-state index in [-0.39, 0.29) is 34.3 Å². The lowest BCUT2D eigenvalue weighted by atomic mass is 9.85. The predicted molar refractivity (Wildman–Crippen MR) is 119 cm³/mol. The average molecular weight is 536 g/mol. The zero-order valence-corrected chi connectivity index (χ0v) is 20.6. The molecule has 1 N–H and O–H groups in total. The van der Waals surface area contributed by atoms with Crippen molar-refractivity contribution in [2.45, 2.75) is 70.6 Å². The monoisotopic (exact) mass is 535 g/mol. The number of hydrogen-bond acceptors (Lipinski definition) is 7. The number of ether oxygens (including phenoxy) is 2. The molecule has 36 heavy (non-hydrogen) atoms. The molecule has 3 rings (SSSR count). The van der Waals surface area contributed by atoms with E-state index in [9.17, 15) is 28.0 Å². The first-order valence-electron chi connectivity index (χ1n) is 10.9. The number of hydrogen-bond donors (Lipinski definition) is 1. The fourth-order valence-electron chi connectivity index (χ4n) is 3.80. The van der Waals surface area contributed by atoms with Crippen LogP contribution in [-0.2, 0) is 24.6 Å². The summed E-state index contributed by atoms with van der Waals surface area (Å²) in [5.74, 6) is -2.73. The SMILES string of the molecule is CC(O/N=[N+](\[O-])N1CCC[C@H]1C(=O)O)OC(=O)C1=Cc2cc(Cl)c(C(C)(C)C)cc2O[C@@H]1C(F)(F)F. The van der Waals surface area contributed by atoms with Gasteiger partial charge >= 0.3 is 18.1 Å². The van der Waals surface area contributed by atoms with Gasteiger partial charge in [-0.1, -0.05) is 32.4 Å². The van der Waals surface area contributed by atoms with Crippen molar-refractivity contribution in [1.82, 2.24) is 5.01 Å². The number of carboxylic acid groups (broad SMARTS) is 1. The highest BCUT2D eigenvalue weighted by Crippen LogP contribution is 2.42. The van der Waals surface area contributed by atoms with Crippen LogP contribution in [-0.4, -0.2) is 58.2 Å². The van der Waals surface area contributed by atoms with Crippen molar-refractivity contribution in [2.24, 2.45) is 5.28 Å². The minimum atomic E-state index is -4.95. The van der Waals surface area contributed by atoms with Gasteiger partial charge in [-0.3, -0.25) is 4.84 Å². The number of hydrazine groups is 1. The van der Waals surface area contributed by atoms with Crippen molar-refractivity contribution < 1.29 is 47.1 Å². The molecule has 198 valence electrons. The molecule has 1 aromatic carbocycles. The molecule has 2 aliphatic rings. The van der Waals surface area contributed by atoms with Crippen LogP contribution in [0.15, 0.2) is 23.0 Å². The zero-order valence-electron chi connectivity index (χ0n) is 19.8. The highest BCUT2D eigenvalue weighted by atomic mass is 35.5. The molecule has 0 spiro atoms. The number of alkyl halides is 3. The summed E-state index contributed by atoms with van der Waals surface area (Å²) in [6.45, 7) is 6.75. The van der Waals surface area contributed by atoms with Crippen molar-refractivity contribution in [3.05, 3.63) is 39.1 Å². The molecule has 1 fully saturated rings. The van der Waals surface area contributed by atoms with Crippen LogP contribution >= 0.6 is 11.6 Å². The van der Waals surface area contributed by atoms with E-state index in [0.717, 1.165) is 18.0 Å². The summed E-state index contributed by atoms with van der Waals surface area (Å²) in [7, 11) is 0. The lowest BCUT2D eigenvalue weighted by Crippen LogP contribution is -2.41. The van der Waals surface area contributed by atoms with Gasteiger partial charge in [0.15, 0.2) is 6.04 Å². The standard InChI is InChI=1S/C22H25ClF3N3O7/c1-11(36-27-29(33)28-7-5-6-16(28)19(30)31)34-20(32)13-8-12-9-15(23)14(21(2,3)4)10-17(12)35-18(13)22(24,25)26/h8-11,16,18H,5-7H2,1-4H3,(H,30,31)/b29-27-/t11?,16-,18-/m0/s1. The molecule has 0 radical (unpaired) electrons. The van der Waals surface area contributed by atoms with Gasteiger partial charge in [-0.05, 0) is 42.0 Å². The second-order valence-corrected chi connectivity index (χ2v) is 9.74. The molecule has 2 aliphatic heterocycles. The van der Waals surface area contributed by atoms with Crippen LogP contribution in [0.5, 0.6) is 5.75 Å². The Hall–Kier alpha value is -3.22. The maximum absolute atomic E-state index is 13.8. The Balaban J connectivity index is 1.80. The minimum absolute atomic E-state index is 0.0944. The number of carbonyl (C=O) groups excluding carboxylic acids is 1. The van der Waals surface area contributed by atoms with Gasteiger partial charge in [0.2, 0.25) is 11.4 Å². The molecular weight excluding hydrogens is 511 g/mol. The van der Waals surface area contributed by atoms with Crippen LogP contribution in [0.4, 0.5) is 13.2 Å². The Morgan fingerprint density at radius 3 is 2.58 bits per heavy atom. The number of halogens is 4. The number of esters is 1. The Kier molecular flexibility index (Phi) is 7.63. The average Bonchev–Trinajstić information content (AvgIpc) is 3.25. The van der Waals surface area contributed by atoms with E-state index in [1.165, 1.54) is 12.1 Å². The molecule has 0 amide bonds. The normalized spacial score (nSPS) is 21.3. The molecule has 0 saturated carbocycles. The number of aliphatic carboxylic acids is 1. The Bertz CT molecular complexity index is 1100. The first-order chi connectivity index (χ1) is 16.6. The van der Waals surface area contributed by atoms with Gasteiger partial charge in [-0.2, -0.15) is 13.2 Å². The van der Waals surface area contributed by atoms with Gasteiger partial charge in [-0.15, -0.1) is 5.01 Å². The molecule has 1 unspecified atom stereocenters. The summed E-state index contributed by atoms with van der Waals surface area (Å²) in [6, 6.07) is 1.71. The van der Waals surface area contributed by atoms with Gasteiger partial charge in [0.25, 0.3) is 6.29 Å². The third-order valence-electron chi connectivity index (χ3n) is 5.55. The van der Waals surface area contributed by atoms with Crippen molar-refractivity contribution in [3.8, 4) is 5.75 Å². The van der Waals surface area contributed by atoms with E-state index in [1.807, 2.05) is 20.8 Å². The lowest BCUT2D eigenvalue weighted by Gasteiger charge is -2.30. The molecular formula is C22H25ClF3N3O7. The quantitative estimate of drug-likeness (QED) is 0.184. The Morgan fingerprint density at radius 2 is 2.00 bits per heavy atom. The van der Waals surface area contributed by atoms with Gasteiger partial charge in [-0.25, -0.2) is 9.59 Å². The molecule has 0 bridgehead atoms. The van der Waals surface area contributed by atoms with E-state index >= 15 is 0 Å². The van der Waals surface area contributed by atoms with Crippen LogP contribution in [0.2, 0.25) is 5.02 Å². The van der Waals surface area contributed by atoms with E-state index in [2.05, 4.69) is 5.28 Å². The van der Waals surface area contributed by atoms with Gasteiger partial charge in [0.1, 0.15) is 5.75 Å². The summed E-state index contributed by atoms with van der Waals surface area (Å²) in [5.41, 5.74) is -0.609. The molecule has 0 aromatic heterocycles. The van der Waals surface area contributed by atoms with Crippen LogP contribution in [0, 0.1) is 5.21 Å². The van der Waals surface area contributed by atoms with Gasteiger partial charge in [0, 0.05) is 17.5 Å². The Morgan fingerprint density at radius 1 is 1.33 bits per heavy atom. The third kappa shape index (κ3) is 5.94. The van der Waals surface area contributed by atoms with E-state index in [1.54, 1.807) is 0 Å². The molecule has 0 aliphatic carbocycles. The van der Waals surface area contributed by atoms with E-state index < -0.39 is 47.5 Å². The smallest absolute Gasteiger partial charge is 0.430 e. The fourth-order valence-corrected chi connectivity index (χ4v) is 4.26. The maximum Gasteiger partial charge on any atom is 0.430 e. The number of carbonyl (C=O) groups is 2. The first kappa shape index (κ1) is 27.4. The van der Waals surface area contributed by atoms with Crippen LogP contribution < -0.4 is 4.74 Å². The Labute approximate surface area is 209 Å². The van der Waals surface area contributed by atoms with Crippen LogP contribution in [0.1, 0.15) is 51.7 Å². The van der Waals surface area contributed by atoms with E-state index in [0.29, 0.717) is 12.0 Å². The fraction of sp³-hybridized carbons (Fsp3) is 0.545. The van der Waals surface area contributed by atoms with Crippen molar-refractivity contribution in [3.63, 3.8) is 0 Å². The third-order valence-corrected chi connectivity index (χ3v) is 5.86. The molecule has 10 nitrogen and oxygen atoms in total. The topological polar surface area (TPSA) is 124 Å². The lowest BCUT2D eigenvalue weighted by molar-refractivity contribution is -0.714. The van der Waals surface area contributed by atoms with Crippen molar-refractivity contribution >= 4 is 29.6 Å². The second-order valence-electron chi connectivity index (χ2n) is 9.33. The van der Waals surface area contributed by atoms with Crippen molar-refractivity contribution in [1.29, 1.82) is 0 Å². The summed E-state index contributed by atoms with van der Waals surface area (Å²) < 4.78 is 51.4. The molecule has 1 saturated heterocycles. The van der Waals surface area contributed by atoms with Crippen molar-refractivity contribution in [2.75, 3.05) is 6.54 Å². The van der Waals surface area contributed by atoms with Gasteiger partial charge in [0.05, 0.1) is 17.1 Å². The summed E-state index contributed by atoms with van der Waals surface area (Å²) in [6.07, 6.45) is -7.51. The number of benzene rings is 1. The van der Waals surface area contributed by atoms with Crippen LogP contribution in [0.25, 0.3) is 6.08 Å².